The summed E-state index contributed by atoms with van der Waals surface area (Å²) >= 11 is 0. The number of amides is 1. The Kier molecular flexibility index (Phi) is 3.13. The SMILES string of the molecule is CC(C)n1nccc1NC(=O)c1cnccn1. The van der Waals surface area contributed by atoms with E-state index in [0.717, 1.165) is 0 Å². The fraction of sp³-hybridized carbons (Fsp3) is 0.273. The third kappa shape index (κ3) is 2.47. The largest absolute Gasteiger partial charge is 0.305 e. The molecule has 0 aromatic carbocycles. The van der Waals surface area contributed by atoms with Crippen molar-refractivity contribution in [3.8, 4) is 0 Å². The summed E-state index contributed by atoms with van der Waals surface area (Å²) in [6.45, 7) is 3.98. The van der Waals surface area contributed by atoms with Crippen molar-refractivity contribution in [3.05, 3.63) is 36.5 Å². The Hall–Kier alpha value is -2.24. The van der Waals surface area contributed by atoms with Crippen LogP contribution in [0, 0.1) is 0 Å². The quantitative estimate of drug-likeness (QED) is 0.868. The van der Waals surface area contributed by atoms with Gasteiger partial charge in [0.05, 0.1) is 12.4 Å². The normalized spacial score (nSPS) is 10.5. The molecule has 0 spiro atoms. The highest BCUT2D eigenvalue weighted by molar-refractivity contribution is 6.02. The van der Waals surface area contributed by atoms with Gasteiger partial charge in [0, 0.05) is 24.5 Å². The van der Waals surface area contributed by atoms with Crippen molar-refractivity contribution in [1.82, 2.24) is 19.7 Å². The highest BCUT2D eigenvalue weighted by Gasteiger charge is 2.11. The second-order valence-corrected chi connectivity index (χ2v) is 3.80. The second kappa shape index (κ2) is 4.73. The van der Waals surface area contributed by atoms with Gasteiger partial charge in [0.2, 0.25) is 0 Å². The second-order valence-electron chi connectivity index (χ2n) is 3.80. The van der Waals surface area contributed by atoms with E-state index in [2.05, 4.69) is 20.4 Å². The maximum atomic E-state index is 11.8. The van der Waals surface area contributed by atoms with Crippen LogP contribution in [0.5, 0.6) is 0 Å². The highest BCUT2D eigenvalue weighted by Crippen LogP contribution is 2.13. The van der Waals surface area contributed by atoms with Crippen LogP contribution in [-0.2, 0) is 0 Å². The summed E-state index contributed by atoms with van der Waals surface area (Å²) in [5, 5.41) is 6.88. The predicted molar refractivity (Wildman–Crippen MR) is 62.6 cm³/mol. The molecule has 0 fully saturated rings. The van der Waals surface area contributed by atoms with Gasteiger partial charge in [0.15, 0.2) is 0 Å². The first-order valence-corrected chi connectivity index (χ1v) is 5.29. The van der Waals surface area contributed by atoms with Crippen LogP contribution in [0.4, 0.5) is 5.82 Å². The minimum Gasteiger partial charge on any atom is -0.305 e. The lowest BCUT2D eigenvalue weighted by molar-refractivity contribution is 0.102. The molecule has 1 N–H and O–H groups in total. The summed E-state index contributed by atoms with van der Waals surface area (Å²) in [6.07, 6.45) is 6.07. The number of aromatic nitrogens is 4. The molecule has 88 valence electrons. The number of anilines is 1. The zero-order chi connectivity index (χ0) is 12.3. The molecule has 0 unspecified atom stereocenters. The molecule has 0 saturated heterocycles. The Bertz CT molecular complexity index is 506. The number of carbonyl (C=O) groups is 1. The third-order valence-corrected chi connectivity index (χ3v) is 2.20. The minimum absolute atomic E-state index is 0.183. The van der Waals surface area contributed by atoms with Crippen LogP contribution < -0.4 is 5.32 Å². The summed E-state index contributed by atoms with van der Waals surface area (Å²) in [6, 6.07) is 1.93. The predicted octanol–water partition coefficient (Wildman–Crippen LogP) is 1.51. The van der Waals surface area contributed by atoms with Crippen LogP contribution in [0.3, 0.4) is 0 Å². The van der Waals surface area contributed by atoms with Crippen molar-refractivity contribution < 1.29 is 4.79 Å². The van der Waals surface area contributed by atoms with Crippen molar-refractivity contribution in [3.63, 3.8) is 0 Å². The average Bonchev–Trinajstić information content (AvgIpc) is 2.78. The molecule has 0 radical (unpaired) electrons. The fourth-order valence-electron chi connectivity index (χ4n) is 1.42. The first kappa shape index (κ1) is 11.3. The average molecular weight is 231 g/mol. The molecule has 6 heteroatoms. The lowest BCUT2D eigenvalue weighted by Crippen LogP contribution is -2.17. The zero-order valence-corrected chi connectivity index (χ0v) is 9.66. The van der Waals surface area contributed by atoms with Gasteiger partial charge < -0.3 is 5.32 Å². The molecule has 0 aliphatic rings. The smallest absolute Gasteiger partial charge is 0.277 e. The van der Waals surface area contributed by atoms with E-state index in [1.165, 1.54) is 18.6 Å². The van der Waals surface area contributed by atoms with Crippen LogP contribution in [0.1, 0.15) is 30.4 Å². The number of nitrogens with one attached hydrogen (secondary N) is 1. The van der Waals surface area contributed by atoms with Crippen molar-refractivity contribution in [2.45, 2.75) is 19.9 Å². The van der Waals surface area contributed by atoms with E-state index in [-0.39, 0.29) is 17.6 Å². The number of carbonyl (C=O) groups excluding carboxylic acids is 1. The zero-order valence-electron chi connectivity index (χ0n) is 9.66. The molecule has 0 aliphatic heterocycles. The van der Waals surface area contributed by atoms with E-state index < -0.39 is 0 Å². The molecule has 2 aromatic rings. The molecular formula is C11H13N5O. The van der Waals surface area contributed by atoms with E-state index in [1.54, 1.807) is 16.9 Å². The fourth-order valence-corrected chi connectivity index (χ4v) is 1.42. The van der Waals surface area contributed by atoms with Gasteiger partial charge in [0.1, 0.15) is 11.5 Å². The van der Waals surface area contributed by atoms with Gasteiger partial charge in [-0.25, -0.2) is 9.67 Å². The van der Waals surface area contributed by atoms with Crippen molar-refractivity contribution in [2.75, 3.05) is 5.32 Å². The summed E-state index contributed by atoms with van der Waals surface area (Å²) in [5.41, 5.74) is 0.281. The van der Waals surface area contributed by atoms with Crippen molar-refractivity contribution >= 4 is 11.7 Å². The number of nitrogens with zero attached hydrogens (tertiary/aromatic N) is 4. The highest BCUT2D eigenvalue weighted by atomic mass is 16.2. The Morgan fingerprint density at radius 1 is 1.35 bits per heavy atom. The third-order valence-electron chi connectivity index (χ3n) is 2.20. The van der Waals surface area contributed by atoms with E-state index in [1.807, 2.05) is 13.8 Å². The maximum absolute atomic E-state index is 11.8. The lowest BCUT2D eigenvalue weighted by Gasteiger charge is -2.11. The molecule has 0 aliphatic carbocycles. The van der Waals surface area contributed by atoms with Crippen LogP contribution in [0.2, 0.25) is 0 Å². The molecule has 0 saturated carbocycles. The lowest BCUT2D eigenvalue weighted by atomic mass is 10.4. The van der Waals surface area contributed by atoms with E-state index in [9.17, 15) is 4.79 Å². The Morgan fingerprint density at radius 2 is 2.18 bits per heavy atom. The monoisotopic (exact) mass is 231 g/mol. The summed E-state index contributed by atoms with van der Waals surface area (Å²) in [7, 11) is 0. The van der Waals surface area contributed by atoms with Gasteiger partial charge in [-0.2, -0.15) is 5.10 Å². The molecule has 2 rings (SSSR count). The van der Waals surface area contributed by atoms with Gasteiger partial charge in [-0.1, -0.05) is 0 Å². The Labute approximate surface area is 98.7 Å². The number of hydrogen-bond acceptors (Lipinski definition) is 4. The molecule has 2 aromatic heterocycles. The van der Waals surface area contributed by atoms with Gasteiger partial charge in [-0.3, -0.25) is 9.78 Å². The van der Waals surface area contributed by atoms with Gasteiger partial charge >= 0.3 is 0 Å². The van der Waals surface area contributed by atoms with E-state index >= 15 is 0 Å². The molecule has 17 heavy (non-hydrogen) atoms. The van der Waals surface area contributed by atoms with Crippen molar-refractivity contribution in [2.24, 2.45) is 0 Å². The topological polar surface area (TPSA) is 72.7 Å². The maximum Gasteiger partial charge on any atom is 0.277 e. The Balaban J connectivity index is 2.16. The van der Waals surface area contributed by atoms with Crippen LogP contribution in [-0.4, -0.2) is 25.7 Å². The summed E-state index contributed by atoms with van der Waals surface area (Å²) in [4.78, 5) is 19.6. The first-order chi connectivity index (χ1) is 8.18. The van der Waals surface area contributed by atoms with E-state index in [4.69, 9.17) is 0 Å². The van der Waals surface area contributed by atoms with Crippen molar-refractivity contribution in [1.29, 1.82) is 0 Å². The van der Waals surface area contributed by atoms with Crippen LogP contribution >= 0.6 is 0 Å². The van der Waals surface area contributed by atoms with Crippen LogP contribution in [0.25, 0.3) is 0 Å². The minimum atomic E-state index is -0.291. The Morgan fingerprint density at radius 3 is 2.82 bits per heavy atom. The summed E-state index contributed by atoms with van der Waals surface area (Å²) in [5.74, 6) is 0.358. The number of rotatable bonds is 3. The standard InChI is InChI=1S/C11H13N5O/c1-8(2)16-10(3-4-14-16)15-11(17)9-7-12-5-6-13-9/h3-8H,1-2H3,(H,15,17). The molecule has 6 nitrogen and oxygen atoms in total. The molecule has 1 amide bonds. The van der Waals surface area contributed by atoms with Crippen LogP contribution in [0.15, 0.2) is 30.9 Å². The summed E-state index contributed by atoms with van der Waals surface area (Å²) < 4.78 is 1.73. The first-order valence-electron chi connectivity index (χ1n) is 5.29. The van der Waals surface area contributed by atoms with Gasteiger partial charge in [-0.05, 0) is 13.8 Å². The number of hydrogen-bond donors (Lipinski definition) is 1. The molecular weight excluding hydrogens is 218 g/mol. The molecule has 0 atom stereocenters. The van der Waals surface area contributed by atoms with E-state index in [0.29, 0.717) is 5.82 Å². The molecule has 0 bridgehead atoms. The van der Waals surface area contributed by atoms with Gasteiger partial charge in [0.25, 0.3) is 5.91 Å². The molecule has 2 heterocycles. The van der Waals surface area contributed by atoms with Gasteiger partial charge in [-0.15, -0.1) is 0 Å².